The number of hydrogen-bond acceptors (Lipinski definition) is 4. The van der Waals surface area contributed by atoms with Gasteiger partial charge in [-0.2, -0.15) is 0 Å². The average molecular weight is 381 g/mol. The van der Waals surface area contributed by atoms with Crippen molar-refractivity contribution in [1.82, 2.24) is 9.97 Å². The van der Waals surface area contributed by atoms with Crippen LogP contribution in [0.15, 0.2) is 35.5 Å². The molecule has 27 heavy (non-hydrogen) atoms. The third-order valence-electron chi connectivity index (χ3n) is 4.79. The molecule has 2 aromatic rings. The van der Waals surface area contributed by atoms with E-state index in [9.17, 15) is 4.79 Å². The molecule has 0 spiro atoms. The number of carboxylic acids is 1. The minimum atomic E-state index is -0.759. The van der Waals surface area contributed by atoms with Gasteiger partial charge in [0.1, 0.15) is 5.82 Å². The van der Waals surface area contributed by atoms with Gasteiger partial charge < -0.3 is 5.11 Å². The van der Waals surface area contributed by atoms with E-state index in [0.717, 1.165) is 23.4 Å². The first-order valence-corrected chi connectivity index (χ1v) is 10.2. The van der Waals surface area contributed by atoms with Crippen molar-refractivity contribution in [2.24, 2.45) is 0 Å². The van der Waals surface area contributed by atoms with Crippen LogP contribution in [-0.2, 0) is 16.6 Å². The van der Waals surface area contributed by atoms with E-state index in [-0.39, 0.29) is 11.8 Å². The summed E-state index contributed by atoms with van der Waals surface area (Å²) in [6, 6.07) is 6.48. The van der Waals surface area contributed by atoms with E-state index in [1.54, 1.807) is 12.4 Å². The summed E-state index contributed by atoms with van der Waals surface area (Å²) in [6.07, 6.45) is 6.98. The standard InChI is InChI=1S/C22H24N2O2S/c1-22(2)11-12-27-19-10-9-16(13-18(19)22)7-8-17-14-23-20(24-15-17)5-3-4-6-21(25)26/h9-10,13-15H,3-6,11-12H2,1-2H3,(H,25,26). The lowest BCUT2D eigenvalue weighted by Gasteiger charge is -2.32. The largest absolute Gasteiger partial charge is 0.481 e. The summed E-state index contributed by atoms with van der Waals surface area (Å²) < 4.78 is 0. The van der Waals surface area contributed by atoms with Crippen molar-refractivity contribution >= 4 is 17.7 Å². The Morgan fingerprint density at radius 1 is 1.19 bits per heavy atom. The quantitative estimate of drug-likeness (QED) is 0.613. The van der Waals surface area contributed by atoms with Crippen LogP contribution in [-0.4, -0.2) is 26.8 Å². The van der Waals surface area contributed by atoms with Crippen LogP contribution in [0.25, 0.3) is 0 Å². The molecular weight excluding hydrogens is 356 g/mol. The van der Waals surface area contributed by atoms with Crippen LogP contribution in [0.4, 0.5) is 0 Å². The molecule has 3 rings (SSSR count). The van der Waals surface area contributed by atoms with E-state index < -0.39 is 5.97 Å². The molecule has 140 valence electrons. The highest BCUT2D eigenvalue weighted by Crippen LogP contribution is 2.41. The van der Waals surface area contributed by atoms with Crippen LogP contribution in [0.2, 0.25) is 0 Å². The van der Waals surface area contributed by atoms with E-state index in [0.29, 0.717) is 12.8 Å². The van der Waals surface area contributed by atoms with Crippen LogP contribution in [0.3, 0.4) is 0 Å². The van der Waals surface area contributed by atoms with Gasteiger partial charge >= 0.3 is 5.97 Å². The maximum Gasteiger partial charge on any atom is 0.303 e. The molecule has 0 saturated carbocycles. The first-order chi connectivity index (χ1) is 12.9. The fraction of sp³-hybridized carbons (Fsp3) is 0.409. The number of aryl methyl sites for hydroxylation is 1. The number of carbonyl (C=O) groups is 1. The molecule has 1 N–H and O–H groups in total. The number of carboxylic acid groups (broad SMARTS) is 1. The van der Waals surface area contributed by atoms with Crippen molar-refractivity contribution in [3.8, 4) is 11.8 Å². The molecule has 1 aromatic heterocycles. The summed E-state index contributed by atoms with van der Waals surface area (Å²) in [6.45, 7) is 4.59. The molecule has 1 aliphatic heterocycles. The Balaban J connectivity index is 1.65. The molecule has 0 fully saturated rings. The normalized spacial score (nSPS) is 14.7. The number of thioether (sulfide) groups is 1. The lowest BCUT2D eigenvalue weighted by Crippen LogP contribution is -2.22. The average Bonchev–Trinajstić information content (AvgIpc) is 2.64. The van der Waals surface area contributed by atoms with Crippen molar-refractivity contribution < 1.29 is 9.90 Å². The van der Waals surface area contributed by atoms with Gasteiger partial charge in [0.05, 0.1) is 5.56 Å². The van der Waals surface area contributed by atoms with Gasteiger partial charge in [-0.1, -0.05) is 25.7 Å². The van der Waals surface area contributed by atoms with Crippen molar-refractivity contribution in [3.05, 3.63) is 53.1 Å². The fourth-order valence-corrected chi connectivity index (χ4v) is 4.55. The van der Waals surface area contributed by atoms with Gasteiger partial charge in [-0.15, -0.1) is 11.8 Å². The second-order valence-electron chi connectivity index (χ2n) is 7.43. The molecule has 0 bridgehead atoms. The van der Waals surface area contributed by atoms with Gasteiger partial charge in [0.15, 0.2) is 0 Å². The van der Waals surface area contributed by atoms with Gasteiger partial charge in [-0.05, 0) is 54.2 Å². The lowest BCUT2D eigenvalue weighted by molar-refractivity contribution is -0.137. The van der Waals surface area contributed by atoms with Crippen LogP contribution in [0.5, 0.6) is 0 Å². The molecular formula is C22H24N2O2S. The number of benzene rings is 1. The third kappa shape index (κ3) is 5.33. The van der Waals surface area contributed by atoms with Gasteiger partial charge in [0.2, 0.25) is 0 Å². The number of fused-ring (bicyclic) bond motifs is 1. The second-order valence-corrected chi connectivity index (χ2v) is 8.57. The Labute approximate surface area is 164 Å². The van der Waals surface area contributed by atoms with Crippen molar-refractivity contribution in [1.29, 1.82) is 0 Å². The highest BCUT2D eigenvalue weighted by atomic mass is 32.2. The van der Waals surface area contributed by atoms with E-state index >= 15 is 0 Å². The molecule has 4 nitrogen and oxygen atoms in total. The summed E-state index contributed by atoms with van der Waals surface area (Å²) in [5.74, 6) is 7.52. The highest BCUT2D eigenvalue weighted by Gasteiger charge is 2.27. The zero-order valence-electron chi connectivity index (χ0n) is 15.8. The van der Waals surface area contributed by atoms with Crippen molar-refractivity contribution in [2.45, 2.75) is 56.3 Å². The minimum Gasteiger partial charge on any atom is -0.481 e. The van der Waals surface area contributed by atoms with E-state index in [1.165, 1.54) is 22.6 Å². The van der Waals surface area contributed by atoms with Gasteiger partial charge in [0, 0.05) is 35.7 Å². The molecule has 0 radical (unpaired) electrons. The lowest BCUT2D eigenvalue weighted by atomic mass is 9.81. The number of aromatic nitrogens is 2. The first-order valence-electron chi connectivity index (χ1n) is 9.26. The Kier molecular flexibility index (Phi) is 6.18. The summed E-state index contributed by atoms with van der Waals surface area (Å²) in [5.41, 5.74) is 3.39. The SMILES string of the molecule is CC1(C)CCSc2ccc(C#Cc3cnc(CCCCC(=O)O)nc3)cc21. The van der Waals surface area contributed by atoms with E-state index in [2.05, 4.69) is 53.9 Å². The zero-order chi connectivity index (χ0) is 19.3. The van der Waals surface area contributed by atoms with Crippen LogP contribution in [0, 0.1) is 11.8 Å². The van der Waals surface area contributed by atoms with Gasteiger partial charge in [-0.3, -0.25) is 4.79 Å². The summed E-state index contributed by atoms with van der Waals surface area (Å²) in [5, 5.41) is 8.65. The zero-order valence-corrected chi connectivity index (χ0v) is 16.6. The molecule has 0 unspecified atom stereocenters. The van der Waals surface area contributed by atoms with E-state index in [4.69, 9.17) is 5.11 Å². The van der Waals surface area contributed by atoms with Crippen LogP contribution >= 0.6 is 11.8 Å². The maximum atomic E-state index is 10.5. The van der Waals surface area contributed by atoms with Gasteiger partial charge in [-0.25, -0.2) is 9.97 Å². The molecule has 0 atom stereocenters. The van der Waals surface area contributed by atoms with Crippen molar-refractivity contribution in [2.75, 3.05) is 5.75 Å². The van der Waals surface area contributed by atoms with Crippen LogP contribution in [0.1, 0.15) is 62.0 Å². The fourth-order valence-electron chi connectivity index (χ4n) is 3.07. The molecule has 0 saturated heterocycles. The Morgan fingerprint density at radius 2 is 1.93 bits per heavy atom. The maximum absolute atomic E-state index is 10.5. The predicted molar refractivity (Wildman–Crippen MR) is 108 cm³/mol. The molecule has 2 heterocycles. The predicted octanol–water partition coefficient (Wildman–Crippen LogP) is 4.45. The summed E-state index contributed by atoms with van der Waals surface area (Å²) in [7, 11) is 0. The number of rotatable bonds is 5. The smallest absolute Gasteiger partial charge is 0.303 e. The van der Waals surface area contributed by atoms with Crippen LogP contribution < -0.4 is 0 Å². The molecule has 0 amide bonds. The Morgan fingerprint density at radius 3 is 2.67 bits per heavy atom. The molecule has 1 aromatic carbocycles. The topological polar surface area (TPSA) is 63.1 Å². The number of unbranched alkanes of at least 4 members (excludes halogenated alkanes) is 1. The number of aliphatic carboxylic acids is 1. The van der Waals surface area contributed by atoms with Gasteiger partial charge in [0.25, 0.3) is 0 Å². The molecule has 1 aliphatic rings. The summed E-state index contributed by atoms with van der Waals surface area (Å²) >= 11 is 1.92. The Bertz CT molecular complexity index is 879. The second kappa shape index (κ2) is 8.58. The highest BCUT2D eigenvalue weighted by molar-refractivity contribution is 7.99. The van der Waals surface area contributed by atoms with Crippen molar-refractivity contribution in [3.63, 3.8) is 0 Å². The third-order valence-corrected chi connectivity index (χ3v) is 5.87. The van der Waals surface area contributed by atoms with E-state index in [1.807, 2.05) is 11.8 Å². The molecule has 5 heteroatoms. The Hall–Kier alpha value is -2.32. The first kappa shape index (κ1) is 19.4. The number of hydrogen-bond donors (Lipinski definition) is 1. The summed E-state index contributed by atoms with van der Waals surface area (Å²) in [4.78, 5) is 20.6. The minimum absolute atomic E-state index is 0.194. The molecule has 0 aliphatic carbocycles. The monoisotopic (exact) mass is 380 g/mol. The number of nitrogens with zero attached hydrogens (tertiary/aromatic N) is 2.